The lowest BCUT2D eigenvalue weighted by Gasteiger charge is -2.12. The number of nitrogens with one attached hydrogen (secondary N) is 2. The summed E-state index contributed by atoms with van der Waals surface area (Å²) in [5, 5.41) is 11.0. The molecule has 1 aromatic rings. The molecule has 0 amide bonds. The van der Waals surface area contributed by atoms with Crippen LogP contribution < -0.4 is 16.2 Å². The van der Waals surface area contributed by atoms with Crippen LogP contribution in [0.15, 0.2) is 11.0 Å². The van der Waals surface area contributed by atoms with Gasteiger partial charge in [0, 0.05) is 19.1 Å². The highest BCUT2D eigenvalue weighted by atomic mass is 35.5. The molecule has 2 rings (SSSR count). The van der Waals surface area contributed by atoms with Crippen LogP contribution in [-0.4, -0.2) is 28.9 Å². The molecule has 0 unspecified atom stereocenters. The first-order valence-corrected chi connectivity index (χ1v) is 7.33. The van der Waals surface area contributed by atoms with Gasteiger partial charge in [-0.05, 0) is 32.2 Å². The maximum Gasteiger partial charge on any atom is 0.287 e. The van der Waals surface area contributed by atoms with Crippen LogP contribution in [0.1, 0.15) is 32.6 Å². The van der Waals surface area contributed by atoms with Gasteiger partial charge in [-0.25, -0.2) is 4.68 Å². The smallest absolute Gasteiger partial charge is 0.287 e. The van der Waals surface area contributed by atoms with Crippen LogP contribution in [0.5, 0.6) is 0 Å². The third kappa shape index (κ3) is 3.70. The van der Waals surface area contributed by atoms with Gasteiger partial charge in [0.05, 0.1) is 11.9 Å². The number of hydrogen-bond donors (Lipinski definition) is 2. The lowest BCUT2D eigenvalue weighted by atomic mass is 10.1. The summed E-state index contributed by atoms with van der Waals surface area (Å²) < 4.78 is 1.41. The highest BCUT2D eigenvalue weighted by Gasteiger charge is 2.14. The first-order valence-electron chi connectivity index (χ1n) is 6.95. The van der Waals surface area contributed by atoms with Crippen LogP contribution >= 0.6 is 11.6 Å². The lowest BCUT2D eigenvalue weighted by Crippen LogP contribution is -2.26. The first kappa shape index (κ1) is 14.3. The average molecular weight is 285 g/mol. The molecular formula is C13H21ClN4O. The number of aryl methyl sites for hydroxylation is 1. The van der Waals surface area contributed by atoms with E-state index in [0.717, 1.165) is 25.9 Å². The van der Waals surface area contributed by atoms with Crippen molar-refractivity contribution in [2.75, 3.05) is 18.4 Å². The molecule has 1 aliphatic heterocycles. The predicted octanol–water partition coefficient (Wildman–Crippen LogP) is 1.86. The van der Waals surface area contributed by atoms with Crippen LogP contribution in [0.3, 0.4) is 0 Å². The molecule has 2 heterocycles. The van der Waals surface area contributed by atoms with E-state index in [4.69, 9.17) is 11.6 Å². The minimum Gasteiger partial charge on any atom is -0.382 e. The molecule has 0 radical (unpaired) electrons. The standard InChI is InChI=1S/C13H21ClN4O/c1-2-8-18-13(19)12(14)11(9-17-18)16-7-5-10-4-3-6-15-10/h9-10,15-16H,2-8H2,1H3/t10-/m0/s1. The van der Waals surface area contributed by atoms with E-state index in [1.54, 1.807) is 6.20 Å². The Morgan fingerprint density at radius 3 is 3.16 bits per heavy atom. The van der Waals surface area contributed by atoms with Gasteiger partial charge in [-0.2, -0.15) is 5.10 Å². The Kier molecular flexibility index (Phi) is 5.22. The molecule has 0 spiro atoms. The second-order valence-corrected chi connectivity index (χ2v) is 5.29. The number of rotatable bonds is 6. The van der Waals surface area contributed by atoms with Crippen molar-refractivity contribution in [2.45, 2.75) is 45.2 Å². The van der Waals surface area contributed by atoms with E-state index in [1.807, 2.05) is 6.92 Å². The summed E-state index contributed by atoms with van der Waals surface area (Å²) in [6.45, 7) is 4.52. The topological polar surface area (TPSA) is 59.0 Å². The quantitative estimate of drug-likeness (QED) is 0.837. The minimum absolute atomic E-state index is 0.215. The fourth-order valence-corrected chi connectivity index (χ4v) is 2.56. The van der Waals surface area contributed by atoms with Crippen molar-refractivity contribution in [2.24, 2.45) is 0 Å². The zero-order valence-corrected chi connectivity index (χ0v) is 12.0. The molecule has 1 saturated heterocycles. The molecule has 1 aliphatic rings. The van der Waals surface area contributed by atoms with Crippen molar-refractivity contribution in [1.82, 2.24) is 15.1 Å². The van der Waals surface area contributed by atoms with Gasteiger partial charge >= 0.3 is 0 Å². The normalized spacial score (nSPS) is 18.7. The van der Waals surface area contributed by atoms with E-state index >= 15 is 0 Å². The van der Waals surface area contributed by atoms with Crippen LogP contribution in [0, 0.1) is 0 Å². The second-order valence-electron chi connectivity index (χ2n) is 4.91. The summed E-state index contributed by atoms with van der Waals surface area (Å²) in [4.78, 5) is 11.9. The van der Waals surface area contributed by atoms with Gasteiger partial charge in [0.15, 0.2) is 0 Å². The Hall–Kier alpha value is -1.07. The average Bonchev–Trinajstić information content (AvgIpc) is 2.91. The van der Waals surface area contributed by atoms with Crippen LogP contribution in [0.25, 0.3) is 0 Å². The molecule has 0 aromatic carbocycles. The van der Waals surface area contributed by atoms with Crippen LogP contribution in [0.2, 0.25) is 5.02 Å². The minimum atomic E-state index is -0.215. The summed E-state index contributed by atoms with van der Waals surface area (Å²) in [5.74, 6) is 0. The van der Waals surface area contributed by atoms with Crippen molar-refractivity contribution in [3.8, 4) is 0 Å². The Balaban J connectivity index is 1.92. The zero-order valence-electron chi connectivity index (χ0n) is 11.3. The van der Waals surface area contributed by atoms with E-state index in [1.165, 1.54) is 17.5 Å². The van der Waals surface area contributed by atoms with Gasteiger partial charge in [-0.3, -0.25) is 4.79 Å². The van der Waals surface area contributed by atoms with Crippen molar-refractivity contribution < 1.29 is 0 Å². The summed E-state index contributed by atoms with van der Waals surface area (Å²) in [5.41, 5.74) is 0.421. The Labute approximate surface area is 118 Å². The van der Waals surface area contributed by atoms with E-state index in [2.05, 4.69) is 15.7 Å². The van der Waals surface area contributed by atoms with Gasteiger partial charge in [0.1, 0.15) is 5.02 Å². The van der Waals surface area contributed by atoms with Crippen LogP contribution in [-0.2, 0) is 6.54 Å². The van der Waals surface area contributed by atoms with Gasteiger partial charge in [-0.1, -0.05) is 18.5 Å². The van der Waals surface area contributed by atoms with Gasteiger partial charge in [0.25, 0.3) is 5.56 Å². The second kappa shape index (κ2) is 6.91. The summed E-state index contributed by atoms with van der Waals surface area (Å²) in [6, 6.07) is 0.583. The number of nitrogens with zero attached hydrogens (tertiary/aromatic N) is 2. The number of halogens is 1. The highest BCUT2D eigenvalue weighted by molar-refractivity contribution is 6.32. The number of aromatic nitrogens is 2. The highest BCUT2D eigenvalue weighted by Crippen LogP contribution is 2.16. The fraction of sp³-hybridized carbons (Fsp3) is 0.692. The van der Waals surface area contributed by atoms with Gasteiger partial charge < -0.3 is 10.6 Å². The monoisotopic (exact) mass is 284 g/mol. The van der Waals surface area contributed by atoms with Crippen molar-refractivity contribution in [3.05, 3.63) is 21.6 Å². The molecule has 0 saturated carbocycles. The summed E-state index contributed by atoms with van der Waals surface area (Å²) >= 11 is 6.08. The van der Waals surface area contributed by atoms with E-state index in [0.29, 0.717) is 18.3 Å². The predicted molar refractivity (Wildman–Crippen MR) is 77.9 cm³/mol. The Morgan fingerprint density at radius 1 is 1.63 bits per heavy atom. The van der Waals surface area contributed by atoms with Gasteiger partial charge in [-0.15, -0.1) is 0 Å². The molecule has 1 aromatic heterocycles. The molecule has 6 heteroatoms. The summed E-state index contributed by atoms with van der Waals surface area (Å²) in [6.07, 6.45) is 6.02. The molecule has 0 aliphatic carbocycles. The first-order chi connectivity index (χ1) is 9.22. The molecular weight excluding hydrogens is 264 g/mol. The van der Waals surface area contributed by atoms with Crippen molar-refractivity contribution >= 4 is 17.3 Å². The Morgan fingerprint density at radius 2 is 2.47 bits per heavy atom. The number of anilines is 1. The number of hydrogen-bond acceptors (Lipinski definition) is 4. The van der Waals surface area contributed by atoms with Crippen LogP contribution in [0.4, 0.5) is 5.69 Å². The SMILES string of the molecule is CCCn1ncc(NCC[C@@H]2CCCN2)c(Cl)c1=O. The third-order valence-electron chi connectivity index (χ3n) is 3.39. The molecule has 5 nitrogen and oxygen atoms in total. The molecule has 1 fully saturated rings. The summed E-state index contributed by atoms with van der Waals surface area (Å²) in [7, 11) is 0. The van der Waals surface area contributed by atoms with Gasteiger partial charge in [0.2, 0.25) is 0 Å². The maximum atomic E-state index is 11.9. The zero-order chi connectivity index (χ0) is 13.7. The lowest BCUT2D eigenvalue weighted by molar-refractivity contribution is 0.565. The fourth-order valence-electron chi connectivity index (χ4n) is 2.34. The molecule has 19 heavy (non-hydrogen) atoms. The van der Waals surface area contributed by atoms with E-state index in [9.17, 15) is 4.79 Å². The van der Waals surface area contributed by atoms with E-state index in [-0.39, 0.29) is 10.6 Å². The maximum absolute atomic E-state index is 11.9. The van der Waals surface area contributed by atoms with E-state index < -0.39 is 0 Å². The Bertz CT molecular complexity index is 468. The molecule has 1 atom stereocenters. The molecule has 2 N–H and O–H groups in total. The third-order valence-corrected chi connectivity index (χ3v) is 3.76. The molecule has 0 bridgehead atoms. The largest absolute Gasteiger partial charge is 0.382 e. The molecule has 106 valence electrons. The van der Waals surface area contributed by atoms with Crippen molar-refractivity contribution in [3.63, 3.8) is 0 Å². The van der Waals surface area contributed by atoms with Crippen molar-refractivity contribution in [1.29, 1.82) is 0 Å².